The Balaban J connectivity index is 0. The first-order valence-corrected chi connectivity index (χ1v) is 5.10. The molecule has 0 bridgehead atoms. The van der Waals surface area contributed by atoms with Crippen LogP contribution in [0.4, 0.5) is 0 Å². The Hall–Kier alpha value is -1.13. The molecule has 1 atom stereocenters. The first-order chi connectivity index (χ1) is 7.19. The Morgan fingerprint density at radius 3 is 2.12 bits per heavy atom. The van der Waals surface area contributed by atoms with E-state index in [4.69, 9.17) is 10.2 Å². The molecule has 0 aromatic carbocycles. The molecule has 0 fully saturated rings. The number of aliphatic carboxylic acids is 1. The molecule has 4 heteroatoms. The molecule has 0 rings (SSSR count). The van der Waals surface area contributed by atoms with Crippen LogP contribution in [-0.4, -0.2) is 27.9 Å². The summed E-state index contributed by atoms with van der Waals surface area (Å²) in [6, 6.07) is 0. The van der Waals surface area contributed by atoms with Crippen LogP contribution in [0.15, 0.2) is 24.3 Å². The van der Waals surface area contributed by atoms with Gasteiger partial charge in [0, 0.05) is 6.42 Å². The van der Waals surface area contributed by atoms with E-state index in [1.54, 1.807) is 39.8 Å². The summed E-state index contributed by atoms with van der Waals surface area (Å²) in [5.41, 5.74) is -0.728. The smallest absolute Gasteiger partial charge is 0.0642 e. The Labute approximate surface area is 96.9 Å². The van der Waals surface area contributed by atoms with E-state index in [0.717, 1.165) is 6.08 Å². The van der Waals surface area contributed by atoms with Gasteiger partial charge in [0.15, 0.2) is 0 Å². The minimum Gasteiger partial charge on any atom is -0.545 e. The highest BCUT2D eigenvalue weighted by Gasteiger charge is 2.14. The van der Waals surface area contributed by atoms with Crippen molar-refractivity contribution < 1.29 is 20.1 Å². The molecule has 4 nitrogen and oxygen atoms in total. The number of aliphatic hydroxyl groups excluding tert-OH is 1. The van der Waals surface area contributed by atoms with E-state index in [9.17, 15) is 9.90 Å². The van der Waals surface area contributed by atoms with E-state index in [-0.39, 0.29) is 0 Å². The number of hydrogen-bond acceptors (Lipinski definition) is 4. The minimum absolute atomic E-state index is 0.407. The van der Waals surface area contributed by atoms with Gasteiger partial charge < -0.3 is 20.1 Å². The van der Waals surface area contributed by atoms with E-state index in [1.165, 1.54) is 6.08 Å². The molecule has 0 radical (unpaired) electrons. The van der Waals surface area contributed by atoms with Crippen molar-refractivity contribution in [1.82, 2.24) is 0 Å². The van der Waals surface area contributed by atoms with Crippen LogP contribution >= 0.6 is 0 Å². The summed E-state index contributed by atoms with van der Waals surface area (Å²) in [6.45, 7) is 6.83. The number of carboxylic acids is 1. The van der Waals surface area contributed by atoms with Gasteiger partial charge in [0.1, 0.15) is 0 Å². The zero-order valence-electron chi connectivity index (χ0n) is 10.3. The van der Waals surface area contributed by atoms with Crippen LogP contribution < -0.4 is 5.11 Å². The van der Waals surface area contributed by atoms with Crippen molar-refractivity contribution >= 4 is 5.97 Å². The molecule has 0 spiro atoms. The molecule has 0 aromatic heterocycles. The number of carboxylic acid groups (broad SMARTS) is 1. The second-order valence-electron chi connectivity index (χ2n) is 4.07. The summed E-state index contributed by atoms with van der Waals surface area (Å²) in [5, 5.41) is 27.4. The molecular weight excluding hydrogens is 208 g/mol. The molecule has 0 saturated carbocycles. The second-order valence-corrected chi connectivity index (χ2v) is 4.07. The predicted octanol–water partition coefficient (Wildman–Crippen LogP) is 0.397. The number of carbonyl (C=O) groups is 1. The maximum absolute atomic E-state index is 9.64. The average Bonchev–Trinajstić information content (AvgIpc) is 2.00. The molecular formula is C12H21O4-. The lowest BCUT2D eigenvalue weighted by Crippen LogP contribution is -2.24. The molecule has 0 aliphatic rings. The van der Waals surface area contributed by atoms with Crippen molar-refractivity contribution in [1.29, 1.82) is 0 Å². The maximum atomic E-state index is 9.64. The van der Waals surface area contributed by atoms with Gasteiger partial charge in [-0.05, 0) is 33.8 Å². The SMILES string of the molecule is C/C=C/C=C/C(=O)[O-].CC(O)CC(C)(C)O. The fourth-order valence-electron chi connectivity index (χ4n) is 0.968. The number of rotatable bonds is 4. The number of carbonyl (C=O) groups excluding carboxylic acids is 1. The molecule has 0 saturated heterocycles. The van der Waals surface area contributed by atoms with E-state index in [0.29, 0.717) is 6.42 Å². The van der Waals surface area contributed by atoms with Gasteiger partial charge in [-0.15, -0.1) is 0 Å². The lowest BCUT2D eigenvalue weighted by Gasteiger charge is -2.17. The Kier molecular flexibility index (Phi) is 9.85. The van der Waals surface area contributed by atoms with Gasteiger partial charge in [-0.25, -0.2) is 0 Å². The molecule has 0 aromatic rings. The van der Waals surface area contributed by atoms with E-state index < -0.39 is 17.7 Å². The van der Waals surface area contributed by atoms with Crippen molar-refractivity contribution in [2.24, 2.45) is 0 Å². The minimum atomic E-state index is -1.16. The van der Waals surface area contributed by atoms with Gasteiger partial charge in [0.25, 0.3) is 0 Å². The van der Waals surface area contributed by atoms with Crippen LogP contribution in [-0.2, 0) is 4.79 Å². The zero-order chi connectivity index (χ0) is 13.2. The van der Waals surface area contributed by atoms with E-state index in [2.05, 4.69) is 0 Å². The normalized spacial score (nSPS) is 13.6. The molecule has 1 unspecified atom stereocenters. The van der Waals surface area contributed by atoms with Gasteiger partial charge in [-0.1, -0.05) is 18.2 Å². The van der Waals surface area contributed by atoms with Gasteiger partial charge in [-0.2, -0.15) is 0 Å². The lowest BCUT2D eigenvalue weighted by molar-refractivity contribution is -0.297. The zero-order valence-corrected chi connectivity index (χ0v) is 10.3. The van der Waals surface area contributed by atoms with Crippen LogP contribution in [0.1, 0.15) is 34.1 Å². The van der Waals surface area contributed by atoms with Crippen LogP contribution in [0.5, 0.6) is 0 Å². The Morgan fingerprint density at radius 1 is 1.44 bits per heavy atom. The molecule has 0 heterocycles. The van der Waals surface area contributed by atoms with Crippen molar-refractivity contribution in [2.45, 2.75) is 45.8 Å². The predicted molar refractivity (Wildman–Crippen MR) is 61.6 cm³/mol. The Morgan fingerprint density at radius 2 is 1.94 bits per heavy atom. The van der Waals surface area contributed by atoms with Crippen LogP contribution in [0.25, 0.3) is 0 Å². The monoisotopic (exact) mass is 229 g/mol. The van der Waals surface area contributed by atoms with Gasteiger partial charge in [0.2, 0.25) is 0 Å². The third-order valence-electron chi connectivity index (χ3n) is 1.33. The van der Waals surface area contributed by atoms with Gasteiger partial charge in [-0.3, -0.25) is 0 Å². The summed E-state index contributed by atoms with van der Waals surface area (Å²) in [6.07, 6.45) is 5.77. The quantitative estimate of drug-likeness (QED) is 0.540. The molecule has 0 aliphatic carbocycles. The summed E-state index contributed by atoms with van der Waals surface area (Å²) in [7, 11) is 0. The first kappa shape index (κ1) is 17.3. The number of aliphatic hydroxyl groups is 2. The summed E-state index contributed by atoms with van der Waals surface area (Å²) in [4.78, 5) is 9.64. The standard InChI is InChI=1S/C6H14O2.C6H8O2/c1-5(7)4-6(2,3)8;1-2-3-4-5-6(7)8/h5,7-8H,4H2,1-3H3;2-5H,1H3,(H,7,8)/p-1/b;3-2+,5-4+. The average molecular weight is 229 g/mol. The Bertz CT molecular complexity index is 234. The molecule has 94 valence electrons. The van der Waals surface area contributed by atoms with Crippen LogP contribution in [0.3, 0.4) is 0 Å². The highest BCUT2D eigenvalue weighted by atomic mass is 16.4. The van der Waals surface area contributed by atoms with Crippen LogP contribution in [0.2, 0.25) is 0 Å². The van der Waals surface area contributed by atoms with Gasteiger partial charge >= 0.3 is 0 Å². The number of allylic oxidation sites excluding steroid dienone is 3. The summed E-state index contributed by atoms with van der Waals surface area (Å²) >= 11 is 0. The van der Waals surface area contributed by atoms with Crippen LogP contribution in [0, 0.1) is 0 Å². The van der Waals surface area contributed by atoms with Gasteiger partial charge in [0.05, 0.1) is 17.7 Å². The largest absolute Gasteiger partial charge is 0.545 e. The fraction of sp³-hybridized carbons (Fsp3) is 0.583. The number of hydrogen-bond donors (Lipinski definition) is 2. The van der Waals surface area contributed by atoms with Crippen molar-refractivity contribution in [3.63, 3.8) is 0 Å². The molecule has 0 amide bonds. The molecule has 2 N–H and O–H groups in total. The fourth-order valence-corrected chi connectivity index (χ4v) is 0.968. The maximum Gasteiger partial charge on any atom is 0.0642 e. The van der Waals surface area contributed by atoms with E-state index >= 15 is 0 Å². The topological polar surface area (TPSA) is 80.6 Å². The third kappa shape index (κ3) is 23.0. The molecule has 16 heavy (non-hydrogen) atoms. The van der Waals surface area contributed by atoms with Crippen molar-refractivity contribution in [3.8, 4) is 0 Å². The third-order valence-corrected chi connectivity index (χ3v) is 1.33. The first-order valence-electron chi connectivity index (χ1n) is 5.10. The highest BCUT2D eigenvalue weighted by Crippen LogP contribution is 2.09. The summed E-state index contributed by atoms with van der Waals surface area (Å²) < 4.78 is 0. The van der Waals surface area contributed by atoms with E-state index in [1.807, 2.05) is 0 Å². The highest BCUT2D eigenvalue weighted by molar-refractivity contribution is 5.77. The second kappa shape index (κ2) is 9.12. The van der Waals surface area contributed by atoms with Crippen molar-refractivity contribution in [3.05, 3.63) is 24.3 Å². The summed E-state index contributed by atoms with van der Waals surface area (Å²) in [5.74, 6) is -1.16. The van der Waals surface area contributed by atoms with Crippen molar-refractivity contribution in [2.75, 3.05) is 0 Å². The lowest BCUT2D eigenvalue weighted by atomic mass is 10.0. The molecule has 0 aliphatic heterocycles.